The average Bonchev–Trinajstić information content (AvgIpc) is 2.58. The predicted octanol–water partition coefficient (Wildman–Crippen LogP) is 6.56. The molecule has 0 aromatic heterocycles. The highest BCUT2D eigenvalue weighted by atomic mass is 16.5. The second-order valence-corrected chi connectivity index (χ2v) is 9.65. The fourth-order valence-corrected chi connectivity index (χ4v) is 3.02. The van der Waals surface area contributed by atoms with Crippen LogP contribution in [0.3, 0.4) is 0 Å². The van der Waals surface area contributed by atoms with Gasteiger partial charge >= 0.3 is 0 Å². The van der Waals surface area contributed by atoms with Crippen molar-refractivity contribution < 1.29 is 9.47 Å². The summed E-state index contributed by atoms with van der Waals surface area (Å²) in [6.07, 6.45) is 0.148. The number of hydrogen-bond donors (Lipinski definition) is 1. The van der Waals surface area contributed by atoms with E-state index in [1.54, 1.807) is 0 Å². The van der Waals surface area contributed by atoms with Crippen molar-refractivity contribution in [1.82, 2.24) is 0 Å². The van der Waals surface area contributed by atoms with Crippen molar-refractivity contribution in [2.24, 2.45) is 0 Å². The molecule has 0 saturated carbocycles. The molecule has 0 aliphatic carbocycles. The van der Waals surface area contributed by atoms with Crippen LogP contribution in [0.5, 0.6) is 11.5 Å². The first-order valence-corrected chi connectivity index (χ1v) is 10.3. The lowest BCUT2D eigenvalue weighted by Gasteiger charge is -2.27. The predicted molar refractivity (Wildman–Crippen MR) is 120 cm³/mol. The molecule has 0 radical (unpaired) electrons. The Morgan fingerprint density at radius 2 is 1.54 bits per heavy atom. The van der Waals surface area contributed by atoms with Crippen molar-refractivity contribution >= 4 is 5.69 Å². The van der Waals surface area contributed by atoms with E-state index >= 15 is 0 Å². The van der Waals surface area contributed by atoms with Crippen molar-refractivity contribution in [1.29, 1.82) is 0 Å². The summed E-state index contributed by atoms with van der Waals surface area (Å²) in [4.78, 5) is 0. The van der Waals surface area contributed by atoms with Crippen LogP contribution in [0.15, 0.2) is 42.5 Å². The molecular weight excluding hydrogens is 346 g/mol. The van der Waals surface area contributed by atoms with E-state index in [9.17, 15) is 0 Å². The Hall–Kier alpha value is -2.16. The summed E-state index contributed by atoms with van der Waals surface area (Å²) in [5, 5.41) is 3.43. The maximum absolute atomic E-state index is 6.17. The summed E-state index contributed by atoms with van der Waals surface area (Å²) >= 11 is 0. The minimum atomic E-state index is 0.0295. The molecule has 0 unspecified atom stereocenters. The number of benzene rings is 2. The zero-order chi connectivity index (χ0) is 20.9. The number of rotatable bonds is 7. The quantitative estimate of drug-likeness (QED) is 0.549. The van der Waals surface area contributed by atoms with Crippen LogP contribution in [0, 0.1) is 0 Å². The third kappa shape index (κ3) is 6.19. The average molecular weight is 384 g/mol. The van der Waals surface area contributed by atoms with Gasteiger partial charge in [0, 0.05) is 6.54 Å². The van der Waals surface area contributed by atoms with Gasteiger partial charge in [-0.3, -0.25) is 0 Å². The first-order chi connectivity index (χ1) is 13.0. The largest absolute Gasteiger partial charge is 0.491 e. The van der Waals surface area contributed by atoms with E-state index in [-0.39, 0.29) is 16.9 Å². The number of para-hydroxylation sites is 2. The zero-order valence-corrected chi connectivity index (χ0v) is 18.8. The van der Waals surface area contributed by atoms with Crippen molar-refractivity contribution in [3.63, 3.8) is 0 Å². The van der Waals surface area contributed by atoms with Gasteiger partial charge in [0.1, 0.15) is 18.1 Å². The van der Waals surface area contributed by atoms with Gasteiger partial charge in [-0.15, -0.1) is 0 Å². The molecule has 1 N–H and O–H groups in total. The van der Waals surface area contributed by atoms with E-state index in [1.807, 2.05) is 38.1 Å². The molecule has 0 fully saturated rings. The molecule has 0 aliphatic heterocycles. The van der Waals surface area contributed by atoms with Crippen LogP contribution < -0.4 is 14.8 Å². The molecule has 0 spiro atoms. The van der Waals surface area contributed by atoms with E-state index in [0.29, 0.717) is 13.2 Å². The van der Waals surface area contributed by atoms with Crippen molar-refractivity contribution in [2.75, 3.05) is 18.5 Å². The van der Waals surface area contributed by atoms with E-state index < -0.39 is 0 Å². The lowest BCUT2D eigenvalue weighted by Crippen LogP contribution is -2.19. The van der Waals surface area contributed by atoms with Crippen molar-refractivity contribution in [3.8, 4) is 11.5 Å². The Kier molecular flexibility index (Phi) is 7.03. The summed E-state index contributed by atoms with van der Waals surface area (Å²) < 4.78 is 12.0. The van der Waals surface area contributed by atoms with Gasteiger partial charge in [0.25, 0.3) is 0 Å². The molecule has 3 heteroatoms. The van der Waals surface area contributed by atoms with Gasteiger partial charge in [-0.2, -0.15) is 0 Å². The molecule has 0 heterocycles. The Labute approximate surface area is 171 Å². The Balaban J connectivity index is 2.06. The molecule has 3 nitrogen and oxygen atoms in total. The van der Waals surface area contributed by atoms with Crippen LogP contribution in [0.25, 0.3) is 0 Å². The van der Waals surface area contributed by atoms with Gasteiger partial charge in [-0.25, -0.2) is 0 Å². The highest BCUT2D eigenvalue weighted by Crippen LogP contribution is 2.35. The van der Waals surface area contributed by atoms with E-state index in [4.69, 9.17) is 9.47 Å². The Morgan fingerprint density at radius 3 is 2.14 bits per heavy atom. The summed E-state index contributed by atoms with van der Waals surface area (Å²) in [6.45, 7) is 18.8. The van der Waals surface area contributed by atoms with E-state index in [2.05, 4.69) is 65.1 Å². The SMILES string of the molecule is CC(C)Oc1ccccc1NCCOc1ccc(C(C)(C)C)cc1C(C)(C)C. The van der Waals surface area contributed by atoms with E-state index in [0.717, 1.165) is 17.2 Å². The second kappa shape index (κ2) is 8.89. The monoisotopic (exact) mass is 383 g/mol. The van der Waals surface area contributed by atoms with Crippen LogP contribution in [-0.2, 0) is 10.8 Å². The molecule has 0 bridgehead atoms. The minimum Gasteiger partial charge on any atom is -0.491 e. The van der Waals surface area contributed by atoms with Crippen LogP contribution >= 0.6 is 0 Å². The third-order valence-corrected chi connectivity index (χ3v) is 4.58. The van der Waals surface area contributed by atoms with Gasteiger partial charge < -0.3 is 14.8 Å². The highest BCUT2D eigenvalue weighted by molar-refractivity contribution is 5.56. The fourth-order valence-electron chi connectivity index (χ4n) is 3.02. The van der Waals surface area contributed by atoms with Gasteiger partial charge in [-0.05, 0) is 54.0 Å². The lowest BCUT2D eigenvalue weighted by atomic mass is 9.80. The van der Waals surface area contributed by atoms with Gasteiger partial charge in [0.2, 0.25) is 0 Å². The molecule has 0 atom stereocenters. The number of hydrogen-bond acceptors (Lipinski definition) is 3. The summed E-state index contributed by atoms with van der Waals surface area (Å²) in [6, 6.07) is 14.6. The molecule has 0 aliphatic rings. The van der Waals surface area contributed by atoms with Gasteiger partial charge in [-0.1, -0.05) is 65.8 Å². The van der Waals surface area contributed by atoms with Gasteiger partial charge in [0.15, 0.2) is 0 Å². The number of ether oxygens (including phenoxy) is 2. The summed E-state index contributed by atoms with van der Waals surface area (Å²) in [5.41, 5.74) is 3.74. The molecular formula is C25H37NO2. The number of anilines is 1. The Bertz CT molecular complexity index is 767. The minimum absolute atomic E-state index is 0.0295. The standard InChI is InChI=1S/C25H37NO2/c1-18(2)28-23-12-10-9-11-21(23)26-15-16-27-22-14-13-19(24(3,4)5)17-20(22)25(6,7)8/h9-14,17-18,26H,15-16H2,1-8H3. The third-order valence-electron chi connectivity index (χ3n) is 4.58. The maximum atomic E-state index is 6.17. The van der Waals surface area contributed by atoms with Crippen LogP contribution in [-0.4, -0.2) is 19.3 Å². The zero-order valence-electron chi connectivity index (χ0n) is 18.8. The summed E-state index contributed by atoms with van der Waals surface area (Å²) in [5.74, 6) is 1.84. The normalized spacial score (nSPS) is 12.2. The second-order valence-electron chi connectivity index (χ2n) is 9.65. The first-order valence-electron chi connectivity index (χ1n) is 10.3. The van der Waals surface area contributed by atoms with E-state index in [1.165, 1.54) is 11.1 Å². The smallest absolute Gasteiger partial charge is 0.142 e. The molecule has 2 aromatic rings. The molecule has 2 rings (SSSR count). The van der Waals surface area contributed by atoms with Gasteiger partial charge in [0.05, 0.1) is 11.8 Å². The molecule has 154 valence electrons. The summed E-state index contributed by atoms with van der Waals surface area (Å²) in [7, 11) is 0. The highest BCUT2D eigenvalue weighted by Gasteiger charge is 2.23. The maximum Gasteiger partial charge on any atom is 0.142 e. The fraction of sp³-hybridized carbons (Fsp3) is 0.520. The molecule has 0 amide bonds. The van der Waals surface area contributed by atoms with Crippen LogP contribution in [0.4, 0.5) is 5.69 Å². The molecule has 0 saturated heterocycles. The Morgan fingerprint density at radius 1 is 0.857 bits per heavy atom. The van der Waals surface area contributed by atoms with Crippen LogP contribution in [0.1, 0.15) is 66.5 Å². The van der Waals surface area contributed by atoms with Crippen LogP contribution in [0.2, 0.25) is 0 Å². The van der Waals surface area contributed by atoms with Crippen molar-refractivity contribution in [3.05, 3.63) is 53.6 Å². The number of nitrogens with one attached hydrogen (secondary N) is 1. The molecule has 28 heavy (non-hydrogen) atoms. The molecule has 2 aromatic carbocycles. The topological polar surface area (TPSA) is 30.5 Å². The first kappa shape index (κ1) is 22.1. The van der Waals surface area contributed by atoms with Crippen molar-refractivity contribution in [2.45, 2.75) is 72.3 Å². The lowest BCUT2D eigenvalue weighted by molar-refractivity contribution is 0.243.